The lowest BCUT2D eigenvalue weighted by molar-refractivity contribution is -0.127. The lowest BCUT2D eigenvalue weighted by Gasteiger charge is -2.32. The molecule has 3 heteroatoms. The zero-order valence-electron chi connectivity index (χ0n) is 16.1. The summed E-state index contributed by atoms with van der Waals surface area (Å²) in [6.45, 7) is 3.01. The molecular weight excluding hydrogens is 332 g/mol. The van der Waals surface area contributed by atoms with E-state index in [9.17, 15) is 4.79 Å². The monoisotopic (exact) mass is 362 g/mol. The molecule has 4 rings (SSSR count). The fourth-order valence-electron chi connectivity index (χ4n) is 4.43. The lowest BCUT2D eigenvalue weighted by atomic mass is 9.95. The Balaban J connectivity index is 1.26. The average molecular weight is 363 g/mol. The number of carbonyl (C=O) groups is 1. The van der Waals surface area contributed by atoms with Gasteiger partial charge in [-0.25, -0.2) is 0 Å². The Hall–Kier alpha value is -2.13. The molecule has 0 radical (unpaired) electrons. The predicted octanol–water partition coefficient (Wildman–Crippen LogP) is 4.62. The van der Waals surface area contributed by atoms with Gasteiger partial charge in [0.1, 0.15) is 0 Å². The van der Waals surface area contributed by atoms with Crippen molar-refractivity contribution in [2.75, 3.05) is 13.1 Å². The molecule has 142 valence electrons. The first-order chi connectivity index (χ1) is 13.3. The maximum absolute atomic E-state index is 12.5. The van der Waals surface area contributed by atoms with Crippen molar-refractivity contribution in [2.45, 2.75) is 51.1 Å². The van der Waals surface area contributed by atoms with E-state index in [1.54, 1.807) is 0 Å². The summed E-state index contributed by atoms with van der Waals surface area (Å²) >= 11 is 0. The first-order valence-electron chi connectivity index (χ1n) is 10.4. The Labute approximate surface area is 162 Å². The second-order valence-corrected chi connectivity index (χ2v) is 8.10. The SMILES string of the molecule is O=C(NC1CCCC1)C1CCN(Cc2ccc(-c3ccccc3)cc2)CC1. The highest BCUT2D eigenvalue weighted by Gasteiger charge is 2.27. The molecule has 1 aliphatic heterocycles. The molecule has 0 aromatic heterocycles. The number of nitrogens with one attached hydrogen (secondary N) is 1. The largest absolute Gasteiger partial charge is 0.353 e. The number of hydrogen-bond donors (Lipinski definition) is 1. The molecule has 0 atom stereocenters. The van der Waals surface area contributed by atoms with Gasteiger partial charge in [0.05, 0.1) is 0 Å². The summed E-state index contributed by atoms with van der Waals surface area (Å²) in [5, 5.41) is 3.28. The van der Waals surface area contributed by atoms with E-state index in [0.29, 0.717) is 11.9 Å². The van der Waals surface area contributed by atoms with Gasteiger partial charge >= 0.3 is 0 Å². The Bertz CT molecular complexity index is 727. The summed E-state index contributed by atoms with van der Waals surface area (Å²) in [5.41, 5.74) is 3.88. The minimum Gasteiger partial charge on any atom is -0.353 e. The normalized spacial score (nSPS) is 19.3. The summed E-state index contributed by atoms with van der Waals surface area (Å²) < 4.78 is 0. The standard InChI is InChI=1S/C24H30N2O/c27-24(25-23-8-4-5-9-23)22-14-16-26(17-15-22)18-19-10-12-21(13-11-19)20-6-2-1-3-7-20/h1-3,6-7,10-13,22-23H,4-5,8-9,14-18H2,(H,25,27). The summed E-state index contributed by atoms with van der Waals surface area (Å²) in [6, 6.07) is 19.9. The van der Waals surface area contributed by atoms with Crippen LogP contribution in [-0.2, 0) is 11.3 Å². The number of piperidine rings is 1. The Kier molecular flexibility index (Phi) is 5.88. The van der Waals surface area contributed by atoms with Gasteiger partial charge < -0.3 is 5.32 Å². The molecule has 2 fully saturated rings. The Morgan fingerprint density at radius 2 is 1.48 bits per heavy atom. The van der Waals surface area contributed by atoms with E-state index in [4.69, 9.17) is 0 Å². The topological polar surface area (TPSA) is 32.3 Å². The molecule has 1 amide bonds. The maximum Gasteiger partial charge on any atom is 0.223 e. The molecule has 0 spiro atoms. The van der Waals surface area contributed by atoms with Crippen LogP contribution in [0.1, 0.15) is 44.1 Å². The van der Waals surface area contributed by atoms with Crippen molar-refractivity contribution in [1.82, 2.24) is 10.2 Å². The number of amides is 1. The molecule has 2 aliphatic rings. The van der Waals surface area contributed by atoms with Gasteiger partial charge in [0.15, 0.2) is 0 Å². The molecular formula is C24H30N2O. The summed E-state index contributed by atoms with van der Waals surface area (Å²) in [4.78, 5) is 14.9. The Morgan fingerprint density at radius 1 is 0.852 bits per heavy atom. The fourth-order valence-corrected chi connectivity index (χ4v) is 4.43. The van der Waals surface area contributed by atoms with Crippen LogP contribution >= 0.6 is 0 Å². The smallest absolute Gasteiger partial charge is 0.223 e. The second-order valence-electron chi connectivity index (χ2n) is 8.10. The van der Waals surface area contributed by atoms with Crippen molar-refractivity contribution >= 4 is 5.91 Å². The van der Waals surface area contributed by atoms with Gasteiger partial charge in [-0.3, -0.25) is 9.69 Å². The molecule has 0 bridgehead atoms. The van der Waals surface area contributed by atoms with E-state index in [1.165, 1.54) is 42.4 Å². The van der Waals surface area contributed by atoms with Crippen molar-refractivity contribution in [2.24, 2.45) is 5.92 Å². The molecule has 2 aromatic carbocycles. The van der Waals surface area contributed by atoms with Gasteiger partial charge in [0, 0.05) is 18.5 Å². The highest BCUT2D eigenvalue weighted by Crippen LogP contribution is 2.23. The van der Waals surface area contributed by atoms with E-state index in [1.807, 2.05) is 0 Å². The lowest BCUT2D eigenvalue weighted by Crippen LogP contribution is -2.42. The molecule has 3 nitrogen and oxygen atoms in total. The van der Waals surface area contributed by atoms with Crippen LogP contribution in [0.15, 0.2) is 54.6 Å². The van der Waals surface area contributed by atoms with Gasteiger partial charge in [-0.1, -0.05) is 67.4 Å². The molecule has 27 heavy (non-hydrogen) atoms. The van der Waals surface area contributed by atoms with Crippen LogP contribution in [0.3, 0.4) is 0 Å². The average Bonchev–Trinajstić information content (AvgIpc) is 3.23. The van der Waals surface area contributed by atoms with Crippen molar-refractivity contribution < 1.29 is 4.79 Å². The van der Waals surface area contributed by atoms with Crippen molar-refractivity contribution in [3.8, 4) is 11.1 Å². The van der Waals surface area contributed by atoms with Gasteiger partial charge in [0.25, 0.3) is 0 Å². The van der Waals surface area contributed by atoms with Crippen LogP contribution in [-0.4, -0.2) is 29.9 Å². The first-order valence-corrected chi connectivity index (χ1v) is 10.4. The highest BCUT2D eigenvalue weighted by atomic mass is 16.1. The Morgan fingerprint density at radius 3 is 2.15 bits per heavy atom. The number of likely N-dealkylation sites (tertiary alicyclic amines) is 1. The van der Waals surface area contributed by atoms with Crippen molar-refractivity contribution in [3.05, 3.63) is 60.2 Å². The maximum atomic E-state index is 12.5. The van der Waals surface area contributed by atoms with Crippen LogP contribution in [0.4, 0.5) is 0 Å². The molecule has 1 aliphatic carbocycles. The van der Waals surface area contributed by atoms with Crippen LogP contribution in [0, 0.1) is 5.92 Å². The van der Waals surface area contributed by atoms with Gasteiger partial charge in [-0.05, 0) is 55.5 Å². The van der Waals surface area contributed by atoms with Crippen LogP contribution in [0.5, 0.6) is 0 Å². The van der Waals surface area contributed by atoms with Crippen LogP contribution < -0.4 is 5.32 Å². The van der Waals surface area contributed by atoms with E-state index >= 15 is 0 Å². The summed E-state index contributed by atoms with van der Waals surface area (Å²) in [6.07, 6.45) is 6.85. The van der Waals surface area contributed by atoms with Gasteiger partial charge in [0.2, 0.25) is 5.91 Å². The predicted molar refractivity (Wildman–Crippen MR) is 110 cm³/mol. The first kappa shape index (κ1) is 18.2. The molecule has 0 unspecified atom stereocenters. The van der Waals surface area contributed by atoms with E-state index in [2.05, 4.69) is 64.8 Å². The quantitative estimate of drug-likeness (QED) is 0.841. The summed E-state index contributed by atoms with van der Waals surface area (Å²) in [5.74, 6) is 0.510. The van der Waals surface area contributed by atoms with E-state index in [0.717, 1.165) is 32.5 Å². The van der Waals surface area contributed by atoms with Crippen LogP contribution in [0.2, 0.25) is 0 Å². The zero-order valence-corrected chi connectivity index (χ0v) is 16.1. The minimum atomic E-state index is 0.210. The minimum absolute atomic E-state index is 0.210. The van der Waals surface area contributed by atoms with E-state index < -0.39 is 0 Å². The molecule has 1 saturated carbocycles. The fraction of sp³-hybridized carbons (Fsp3) is 0.458. The molecule has 1 N–H and O–H groups in total. The van der Waals surface area contributed by atoms with Crippen molar-refractivity contribution in [1.29, 1.82) is 0 Å². The highest BCUT2D eigenvalue weighted by molar-refractivity contribution is 5.79. The van der Waals surface area contributed by atoms with E-state index in [-0.39, 0.29) is 5.92 Å². The van der Waals surface area contributed by atoms with Crippen molar-refractivity contribution in [3.63, 3.8) is 0 Å². The van der Waals surface area contributed by atoms with Crippen LogP contribution in [0.25, 0.3) is 11.1 Å². The number of benzene rings is 2. The number of carbonyl (C=O) groups excluding carboxylic acids is 1. The third kappa shape index (κ3) is 4.78. The number of rotatable bonds is 5. The number of hydrogen-bond acceptors (Lipinski definition) is 2. The molecule has 1 saturated heterocycles. The third-order valence-electron chi connectivity index (χ3n) is 6.13. The molecule has 1 heterocycles. The second kappa shape index (κ2) is 8.71. The third-order valence-corrected chi connectivity index (χ3v) is 6.13. The van der Waals surface area contributed by atoms with Gasteiger partial charge in [-0.2, -0.15) is 0 Å². The molecule has 2 aromatic rings. The zero-order chi connectivity index (χ0) is 18.5. The van der Waals surface area contributed by atoms with Gasteiger partial charge in [-0.15, -0.1) is 0 Å². The summed E-state index contributed by atoms with van der Waals surface area (Å²) in [7, 11) is 0. The number of nitrogens with zero attached hydrogens (tertiary/aromatic N) is 1.